The lowest BCUT2D eigenvalue weighted by molar-refractivity contribution is -0.00750. The standard InChI is InChI=1S/C22H23ClN6O3/c1-13(28-11-17(12-28)32-19-3-2-15(23)8-14(19)9-24)20-26-21-18(22(30)27-20)10-25-29(21)16-4-6-31-7-5-16/h2-3,8,10,13,16-17H,4-7,11-12H2,1H3,(H,26,27,30). The molecule has 4 heterocycles. The van der Waals surface area contributed by atoms with Crippen molar-refractivity contribution in [1.82, 2.24) is 24.6 Å². The number of hydrogen-bond donors (Lipinski definition) is 1. The average molecular weight is 455 g/mol. The van der Waals surface area contributed by atoms with Gasteiger partial charge >= 0.3 is 0 Å². The second-order valence-electron chi connectivity index (χ2n) is 8.24. The van der Waals surface area contributed by atoms with Gasteiger partial charge < -0.3 is 14.5 Å². The highest BCUT2D eigenvalue weighted by Gasteiger charge is 2.34. The van der Waals surface area contributed by atoms with Gasteiger partial charge in [-0.25, -0.2) is 9.67 Å². The lowest BCUT2D eigenvalue weighted by Gasteiger charge is -2.42. The van der Waals surface area contributed by atoms with E-state index in [0.29, 0.717) is 59.5 Å². The van der Waals surface area contributed by atoms with Gasteiger partial charge in [0.15, 0.2) is 5.65 Å². The molecule has 2 aliphatic heterocycles. The smallest absolute Gasteiger partial charge is 0.262 e. The fraction of sp³-hybridized carbons (Fsp3) is 0.455. The predicted octanol–water partition coefficient (Wildman–Crippen LogP) is 2.82. The zero-order chi connectivity index (χ0) is 22.2. The fourth-order valence-electron chi connectivity index (χ4n) is 4.25. The van der Waals surface area contributed by atoms with Crippen LogP contribution in [0.2, 0.25) is 5.02 Å². The van der Waals surface area contributed by atoms with E-state index in [-0.39, 0.29) is 23.7 Å². The van der Waals surface area contributed by atoms with Crippen molar-refractivity contribution in [1.29, 1.82) is 5.26 Å². The van der Waals surface area contributed by atoms with Crippen molar-refractivity contribution in [2.24, 2.45) is 0 Å². The molecule has 2 aromatic heterocycles. The Bertz CT molecular complexity index is 1240. The van der Waals surface area contributed by atoms with Crippen LogP contribution in [0.15, 0.2) is 29.2 Å². The number of H-pyrrole nitrogens is 1. The highest BCUT2D eigenvalue weighted by Crippen LogP contribution is 2.29. The van der Waals surface area contributed by atoms with E-state index in [1.165, 1.54) is 0 Å². The van der Waals surface area contributed by atoms with Crippen molar-refractivity contribution < 1.29 is 9.47 Å². The van der Waals surface area contributed by atoms with E-state index < -0.39 is 0 Å². The summed E-state index contributed by atoms with van der Waals surface area (Å²) in [7, 11) is 0. The molecule has 5 rings (SSSR count). The van der Waals surface area contributed by atoms with Crippen LogP contribution < -0.4 is 10.3 Å². The van der Waals surface area contributed by atoms with E-state index in [0.717, 1.165) is 12.8 Å². The first kappa shape index (κ1) is 20.9. The maximum atomic E-state index is 12.7. The van der Waals surface area contributed by atoms with Crippen LogP contribution in [0, 0.1) is 11.3 Å². The molecule has 9 nitrogen and oxygen atoms in total. The monoisotopic (exact) mass is 454 g/mol. The molecule has 10 heteroatoms. The van der Waals surface area contributed by atoms with Gasteiger partial charge in [0.1, 0.15) is 29.1 Å². The van der Waals surface area contributed by atoms with Crippen LogP contribution in [0.3, 0.4) is 0 Å². The van der Waals surface area contributed by atoms with E-state index in [4.69, 9.17) is 26.1 Å². The Morgan fingerprint density at radius 2 is 2.12 bits per heavy atom. The summed E-state index contributed by atoms with van der Waals surface area (Å²) in [6.45, 7) is 4.72. The normalized spacial score (nSPS) is 18.9. The molecule has 2 fully saturated rings. The van der Waals surface area contributed by atoms with Crippen molar-refractivity contribution in [3.05, 3.63) is 51.2 Å². The van der Waals surface area contributed by atoms with Crippen LogP contribution in [0.1, 0.15) is 43.2 Å². The quantitative estimate of drug-likeness (QED) is 0.631. The number of aromatic amines is 1. The molecular formula is C22H23ClN6O3. The third-order valence-electron chi connectivity index (χ3n) is 6.19. The van der Waals surface area contributed by atoms with E-state index in [1.807, 2.05) is 11.6 Å². The lowest BCUT2D eigenvalue weighted by atomic mass is 10.1. The molecule has 3 aromatic rings. The lowest BCUT2D eigenvalue weighted by Crippen LogP contribution is -2.54. The van der Waals surface area contributed by atoms with Crippen molar-refractivity contribution in [2.45, 2.75) is 38.0 Å². The van der Waals surface area contributed by atoms with Crippen molar-refractivity contribution in [2.75, 3.05) is 26.3 Å². The zero-order valence-corrected chi connectivity index (χ0v) is 18.4. The second-order valence-corrected chi connectivity index (χ2v) is 8.68. The van der Waals surface area contributed by atoms with Gasteiger partial charge in [-0.2, -0.15) is 10.4 Å². The molecule has 2 saturated heterocycles. The molecule has 2 aliphatic rings. The van der Waals surface area contributed by atoms with Crippen LogP contribution in [0.5, 0.6) is 5.75 Å². The highest BCUT2D eigenvalue weighted by atomic mass is 35.5. The van der Waals surface area contributed by atoms with Gasteiger partial charge in [0.05, 0.1) is 23.8 Å². The number of rotatable bonds is 5. The molecule has 32 heavy (non-hydrogen) atoms. The van der Waals surface area contributed by atoms with E-state index in [2.05, 4.69) is 21.1 Å². The first-order chi connectivity index (χ1) is 15.5. The average Bonchev–Trinajstić information content (AvgIpc) is 3.21. The predicted molar refractivity (Wildman–Crippen MR) is 118 cm³/mol. The molecule has 1 N–H and O–H groups in total. The van der Waals surface area contributed by atoms with Crippen LogP contribution >= 0.6 is 11.6 Å². The molecule has 1 unspecified atom stereocenters. The maximum absolute atomic E-state index is 12.7. The summed E-state index contributed by atoms with van der Waals surface area (Å²) in [4.78, 5) is 22.6. The van der Waals surface area contributed by atoms with Crippen molar-refractivity contribution in [3.63, 3.8) is 0 Å². The number of ether oxygens (including phenoxy) is 2. The molecule has 166 valence electrons. The second kappa shape index (κ2) is 8.54. The van der Waals surface area contributed by atoms with Crippen molar-refractivity contribution >= 4 is 22.6 Å². The summed E-state index contributed by atoms with van der Waals surface area (Å²) in [5, 5.41) is 14.7. The molecule has 1 atom stereocenters. The molecule has 0 amide bonds. The first-order valence-corrected chi connectivity index (χ1v) is 11.1. The number of nitrogens with zero attached hydrogens (tertiary/aromatic N) is 5. The molecule has 0 saturated carbocycles. The Balaban J connectivity index is 1.31. The minimum Gasteiger partial charge on any atom is -0.486 e. The van der Waals surface area contributed by atoms with Crippen LogP contribution in [-0.2, 0) is 4.74 Å². The van der Waals surface area contributed by atoms with Gasteiger partial charge in [-0.1, -0.05) is 11.6 Å². The summed E-state index contributed by atoms with van der Waals surface area (Å²) >= 11 is 5.96. The van der Waals surface area contributed by atoms with Gasteiger partial charge in [-0.05, 0) is 38.0 Å². The number of nitrogens with one attached hydrogen (secondary N) is 1. The third kappa shape index (κ3) is 3.86. The Morgan fingerprint density at radius 1 is 1.34 bits per heavy atom. The Labute approximate surface area is 189 Å². The molecular weight excluding hydrogens is 432 g/mol. The molecule has 0 aliphatic carbocycles. The van der Waals surface area contributed by atoms with E-state index >= 15 is 0 Å². The minimum atomic E-state index is -0.177. The van der Waals surface area contributed by atoms with Gasteiger partial charge in [-0.3, -0.25) is 9.69 Å². The molecule has 0 radical (unpaired) electrons. The summed E-state index contributed by atoms with van der Waals surface area (Å²) in [6.07, 6.45) is 3.26. The molecule has 0 bridgehead atoms. The Hall–Kier alpha value is -2.93. The zero-order valence-electron chi connectivity index (χ0n) is 17.6. The van der Waals surface area contributed by atoms with Crippen molar-refractivity contribution in [3.8, 4) is 11.8 Å². The number of nitriles is 1. The van der Waals surface area contributed by atoms with E-state index in [9.17, 15) is 10.1 Å². The van der Waals surface area contributed by atoms with Gasteiger partial charge in [0, 0.05) is 31.3 Å². The summed E-state index contributed by atoms with van der Waals surface area (Å²) < 4.78 is 13.3. The highest BCUT2D eigenvalue weighted by molar-refractivity contribution is 6.30. The Morgan fingerprint density at radius 3 is 2.88 bits per heavy atom. The van der Waals surface area contributed by atoms with Gasteiger partial charge in [0.25, 0.3) is 5.56 Å². The molecule has 1 aromatic carbocycles. The first-order valence-electron chi connectivity index (χ1n) is 10.7. The summed E-state index contributed by atoms with van der Waals surface area (Å²) in [6, 6.07) is 7.24. The summed E-state index contributed by atoms with van der Waals surface area (Å²) in [5.41, 5.74) is 0.862. The van der Waals surface area contributed by atoms with E-state index in [1.54, 1.807) is 24.4 Å². The topological polar surface area (TPSA) is 109 Å². The maximum Gasteiger partial charge on any atom is 0.262 e. The summed E-state index contributed by atoms with van der Waals surface area (Å²) in [5.74, 6) is 1.14. The Kier molecular flexibility index (Phi) is 5.59. The number of halogens is 1. The number of benzene rings is 1. The number of hydrogen-bond acceptors (Lipinski definition) is 7. The minimum absolute atomic E-state index is 0.0473. The fourth-order valence-corrected chi connectivity index (χ4v) is 4.43. The number of fused-ring (bicyclic) bond motifs is 1. The van der Waals surface area contributed by atoms with Gasteiger partial charge in [-0.15, -0.1) is 0 Å². The SMILES string of the molecule is CC(c1nc2c(cnn2C2CCOCC2)c(=O)[nH]1)N1CC(Oc2ccc(Cl)cc2C#N)C1. The van der Waals surface area contributed by atoms with Crippen LogP contribution in [0.25, 0.3) is 11.0 Å². The van der Waals surface area contributed by atoms with Crippen LogP contribution in [0.4, 0.5) is 0 Å². The third-order valence-corrected chi connectivity index (χ3v) is 6.43. The molecule has 0 spiro atoms. The number of aromatic nitrogens is 4. The largest absolute Gasteiger partial charge is 0.486 e. The van der Waals surface area contributed by atoms with Crippen LogP contribution in [-0.4, -0.2) is 57.1 Å². The van der Waals surface area contributed by atoms with Gasteiger partial charge in [0.2, 0.25) is 0 Å². The number of likely N-dealkylation sites (tertiary alicyclic amines) is 1.